The third kappa shape index (κ3) is 6.60. The summed E-state index contributed by atoms with van der Waals surface area (Å²) in [6.07, 6.45) is 0. The average Bonchev–Trinajstić information content (AvgIpc) is 2.74. The van der Waals surface area contributed by atoms with Crippen molar-refractivity contribution in [2.45, 2.75) is 13.8 Å². The van der Waals surface area contributed by atoms with Gasteiger partial charge in [-0.05, 0) is 72.7 Å². The molecule has 3 aromatic rings. The summed E-state index contributed by atoms with van der Waals surface area (Å²) in [7, 11) is 0. The number of para-hydroxylation sites is 1. The number of benzene rings is 3. The van der Waals surface area contributed by atoms with Crippen LogP contribution in [-0.4, -0.2) is 17.6 Å². The number of thiocarbonyl (C=S) groups is 1. The van der Waals surface area contributed by atoms with Gasteiger partial charge in [-0.15, -0.1) is 0 Å². The molecule has 0 atom stereocenters. The van der Waals surface area contributed by atoms with E-state index in [9.17, 15) is 4.79 Å². The smallest absolute Gasteiger partial charge is 0.257 e. The molecule has 30 heavy (non-hydrogen) atoms. The molecular weight excluding hydrogens is 394 g/mol. The van der Waals surface area contributed by atoms with E-state index >= 15 is 0 Å². The van der Waals surface area contributed by atoms with Crippen molar-refractivity contribution in [2.75, 3.05) is 17.2 Å². The number of carbonyl (C=O) groups is 1. The number of carbonyl (C=O) groups excluding carboxylic acids is 1. The van der Waals surface area contributed by atoms with Gasteiger partial charge in [0.1, 0.15) is 5.75 Å². The van der Waals surface area contributed by atoms with Gasteiger partial charge in [0.25, 0.3) is 5.91 Å². The molecule has 154 valence electrons. The molecule has 0 aliphatic heterocycles. The van der Waals surface area contributed by atoms with Crippen molar-refractivity contribution in [1.82, 2.24) is 5.32 Å². The Kier molecular flexibility index (Phi) is 7.40. The van der Waals surface area contributed by atoms with E-state index in [-0.39, 0.29) is 11.0 Å². The zero-order valence-electron chi connectivity index (χ0n) is 17.0. The number of ether oxygens (including phenoxy) is 1. The highest BCUT2D eigenvalue weighted by atomic mass is 32.1. The van der Waals surface area contributed by atoms with E-state index in [4.69, 9.17) is 17.0 Å². The van der Waals surface area contributed by atoms with E-state index in [0.29, 0.717) is 23.8 Å². The van der Waals surface area contributed by atoms with E-state index < -0.39 is 0 Å². The average molecular weight is 420 g/mol. The molecule has 0 saturated heterocycles. The molecule has 0 bridgehead atoms. The van der Waals surface area contributed by atoms with Gasteiger partial charge in [-0.3, -0.25) is 10.1 Å². The predicted octanol–water partition coefficient (Wildman–Crippen LogP) is 5.59. The van der Waals surface area contributed by atoms with Crippen LogP contribution >= 0.6 is 12.2 Å². The fourth-order valence-electron chi connectivity index (χ4n) is 2.65. The van der Waals surface area contributed by atoms with Crippen LogP contribution in [-0.2, 0) is 0 Å². The zero-order valence-corrected chi connectivity index (χ0v) is 17.8. The Balaban J connectivity index is 1.53. The Morgan fingerprint density at radius 1 is 0.900 bits per heavy atom. The topological polar surface area (TPSA) is 62.4 Å². The van der Waals surface area contributed by atoms with Crippen molar-refractivity contribution in [1.29, 1.82) is 0 Å². The maximum Gasteiger partial charge on any atom is 0.257 e. The molecule has 5 nitrogen and oxygen atoms in total. The van der Waals surface area contributed by atoms with Gasteiger partial charge >= 0.3 is 0 Å². The van der Waals surface area contributed by atoms with Gasteiger partial charge in [0.15, 0.2) is 5.11 Å². The summed E-state index contributed by atoms with van der Waals surface area (Å²) in [6.45, 7) is 4.75. The Hall–Kier alpha value is -3.38. The molecule has 3 rings (SSSR count). The third-order valence-corrected chi connectivity index (χ3v) is 4.32. The summed E-state index contributed by atoms with van der Waals surface area (Å²) in [5.74, 6) is 0.787. The highest BCUT2D eigenvalue weighted by Crippen LogP contribution is 2.19. The first kappa shape index (κ1) is 21.3. The molecule has 6 heteroatoms. The lowest BCUT2D eigenvalue weighted by Gasteiger charge is -2.12. The van der Waals surface area contributed by atoms with Crippen molar-refractivity contribution in [3.63, 3.8) is 0 Å². The van der Waals surface area contributed by atoms with Crippen LogP contribution in [0.15, 0.2) is 78.9 Å². The Labute approximate surface area is 182 Å². The van der Waals surface area contributed by atoms with E-state index in [2.05, 4.69) is 29.8 Å². The minimum atomic E-state index is -0.287. The van der Waals surface area contributed by atoms with Crippen LogP contribution in [0, 0.1) is 5.92 Å². The first-order valence-corrected chi connectivity index (χ1v) is 10.2. The molecule has 1 amide bonds. The maximum atomic E-state index is 12.5. The third-order valence-electron chi connectivity index (χ3n) is 4.11. The molecule has 0 aromatic heterocycles. The Morgan fingerprint density at radius 2 is 1.57 bits per heavy atom. The number of hydrogen-bond donors (Lipinski definition) is 3. The van der Waals surface area contributed by atoms with Gasteiger partial charge in [-0.1, -0.05) is 38.1 Å². The summed E-state index contributed by atoms with van der Waals surface area (Å²) < 4.78 is 5.68. The molecule has 0 radical (unpaired) electrons. The van der Waals surface area contributed by atoms with Crippen LogP contribution in [0.1, 0.15) is 24.2 Å². The van der Waals surface area contributed by atoms with Crippen LogP contribution in [0.3, 0.4) is 0 Å². The predicted molar refractivity (Wildman–Crippen MR) is 127 cm³/mol. The molecule has 0 heterocycles. The van der Waals surface area contributed by atoms with Crippen LogP contribution in [0.4, 0.5) is 17.1 Å². The van der Waals surface area contributed by atoms with Crippen LogP contribution in [0.5, 0.6) is 5.75 Å². The molecule has 3 N–H and O–H groups in total. The lowest BCUT2D eigenvalue weighted by molar-refractivity contribution is 0.0977. The summed E-state index contributed by atoms with van der Waals surface area (Å²) in [5, 5.41) is 9.28. The summed E-state index contributed by atoms with van der Waals surface area (Å²) in [6, 6.07) is 24.7. The van der Waals surface area contributed by atoms with Crippen LogP contribution < -0.4 is 20.7 Å². The van der Waals surface area contributed by atoms with Gasteiger partial charge < -0.3 is 15.4 Å². The van der Waals surface area contributed by atoms with Crippen LogP contribution in [0.25, 0.3) is 0 Å². The lowest BCUT2D eigenvalue weighted by Crippen LogP contribution is -2.34. The van der Waals surface area contributed by atoms with E-state index in [1.807, 2.05) is 60.7 Å². The van der Waals surface area contributed by atoms with Gasteiger partial charge in [0, 0.05) is 22.6 Å². The van der Waals surface area contributed by atoms with Crippen molar-refractivity contribution in [3.8, 4) is 5.75 Å². The molecule has 0 aliphatic carbocycles. The minimum Gasteiger partial charge on any atom is -0.493 e. The highest BCUT2D eigenvalue weighted by molar-refractivity contribution is 7.80. The van der Waals surface area contributed by atoms with Crippen molar-refractivity contribution < 1.29 is 9.53 Å². The lowest BCUT2D eigenvalue weighted by atomic mass is 10.2. The van der Waals surface area contributed by atoms with Gasteiger partial charge in [-0.25, -0.2) is 0 Å². The van der Waals surface area contributed by atoms with E-state index in [1.165, 1.54) is 0 Å². The number of nitrogens with one attached hydrogen (secondary N) is 3. The maximum absolute atomic E-state index is 12.5. The second kappa shape index (κ2) is 10.4. The number of amides is 1. The highest BCUT2D eigenvalue weighted by Gasteiger charge is 2.09. The van der Waals surface area contributed by atoms with Gasteiger partial charge in [0.05, 0.1) is 6.61 Å². The fraction of sp³-hybridized carbons (Fsp3) is 0.167. The Bertz CT molecular complexity index is 989. The second-order valence-electron chi connectivity index (χ2n) is 7.21. The first-order chi connectivity index (χ1) is 14.5. The van der Waals surface area contributed by atoms with Crippen molar-refractivity contribution in [3.05, 3.63) is 84.4 Å². The summed E-state index contributed by atoms with van der Waals surface area (Å²) >= 11 is 5.28. The molecule has 0 unspecified atom stereocenters. The Morgan fingerprint density at radius 3 is 2.27 bits per heavy atom. The largest absolute Gasteiger partial charge is 0.493 e. The van der Waals surface area contributed by atoms with Crippen molar-refractivity contribution >= 4 is 40.3 Å². The normalized spacial score (nSPS) is 10.4. The van der Waals surface area contributed by atoms with Crippen molar-refractivity contribution in [2.24, 2.45) is 5.92 Å². The fourth-order valence-corrected chi connectivity index (χ4v) is 2.86. The standard InChI is InChI=1S/C24H25N3O2S/c1-17(2)16-29-22-10-6-7-18(15-22)23(28)27-24(30)26-21-13-11-20(12-14-21)25-19-8-4-3-5-9-19/h3-15,17,25H,16H2,1-2H3,(H2,26,27,28,30). The van der Waals surface area contributed by atoms with E-state index in [1.54, 1.807) is 18.2 Å². The SMILES string of the molecule is CC(C)COc1cccc(C(=O)NC(=S)Nc2ccc(Nc3ccccc3)cc2)c1. The second-order valence-corrected chi connectivity index (χ2v) is 7.62. The molecule has 0 aliphatic rings. The quantitative estimate of drug-likeness (QED) is 0.436. The number of hydrogen-bond acceptors (Lipinski definition) is 4. The molecule has 0 saturated carbocycles. The zero-order chi connectivity index (χ0) is 21.3. The summed E-state index contributed by atoms with van der Waals surface area (Å²) in [4.78, 5) is 12.5. The van der Waals surface area contributed by atoms with E-state index in [0.717, 1.165) is 17.1 Å². The first-order valence-electron chi connectivity index (χ1n) is 9.77. The molecule has 0 fully saturated rings. The van der Waals surface area contributed by atoms with Gasteiger partial charge in [0.2, 0.25) is 0 Å². The number of anilines is 3. The molecule has 0 spiro atoms. The molecule has 3 aromatic carbocycles. The summed E-state index contributed by atoms with van der Waals surface area (Å²) in [5.41, 5.74) is 3.25. The molecular formula is C24H25N3O2S. The van der Waals surface area contributed by atoms with Gasteiger partial charge in [-0.2, -0.15) is 0 Å². The number of rotatable bonds is 7. The van der Waals surface area contributed by atoms with Crippen LogP contribution in [0.2, 0.25) is 0 Å². The minimum absolute atomic E-state index is 0.234. The monoisotopic (exact) mass is 419 g/mol.